The fourth-order valence-electron chi connectivity index (χ4n) is 1.98. The Bertz CT molecular complexity index is 762. The summed E-state index contributed by atoms with van der Waals surface area (Å²) in [6, 6.07) is 9.89. The third kappa shape index (κ3) is 2.96. The van der Waals surface area contributed by atoms with Crippen molar-refractivity contribution in [2.45, 2.75) is 6.36 Å². The van der Waals surface area contributed by atoms with Crippen LogP contribution in [0.15, 0.2) is 42.5 Å². The SMILES string of the molecule is Fc1cc(OC(F)(F)F)cc(-c2nc3ccccc3[nH]2)c1. The van der Waals surface area contributed by atoms with Crippen LogP contribution in [0.2, 0.25) is 0 Å². The zero-order valence-corrected chi connectivity index (χ0v) is 10.4. The molecule has 0 bridgehead atoms. The molecule has 0 amide bonds. The number of rotatable bonds is 2. The van der Waals surface area contributed by atoms with Crippen molar-refractivity contribution in [3.05, 3.63) is 48.3 Å². The average Bonchev–Trinajstić information content (AvgIpc) is 2.79. The molecule has 3 nitrogen and oxygen atoms in total. The highest BCUT2D eigenvalue weighted by Gasteiger charge is 2.31. The number of nitrogens with one attached hydrogen (secondary N) is 1. The van der Waals surface area contributed by atoms with Gasteiger partial charge >= 0.3 is 6.36 Å². The number of hydrogen-bond acceptors (Lipinski definition) is 2. The molecule has 0 radical (unpaired) electrons. The molecule has 0 saturated heterocycles. The Morgan fingerprint density at radius 2 is 1.81 bits per heavy atom. The number of imidazole rings is 1. The molecule has 0 aliphatic heterocycles. The van der Waals surface area contributed by atoms with Gasteiger partial charge < -0.3 is 9.72 Å². The van der Waals surface area contributed by atoms with Gasteiger partial charge in [0, 0.05) is 11.6 Å². The van der Waals surface area contributed by atoms with Crippen LogP contribution in [0, 0.1) is 5.82 Å². The Morgan fingerprint density at radius 1 is 1.05 bits per heavy atom. The van der Waals surface area contributed by atoms with Gasteiger partial charge in [-0.15, -0.1) is 13.2 Å². The minimum Gasteiger partial charge on any atom is -0.406 e. The molecule has 1 heterocycles. The number of H-pyrrole nitrogens is 1. The normalized spacial score (nSPS) is 11.8. The molecule has 0 aliphatic rings. The lowest BCUT2D eigenvalue weighted by atomic mass is 10.2. The van der Waals surface area contributed by atoms with Gasteiger partial charge in [0.25, 0.3) is 0 Å². The van der Waals surface area contributed by atoms with E-state index in [1.807, 2.05) is 0 Å². The highest BCUT2D eigenvalue weighted by atomic mass is 19.4. The van der Waals surface area contributed by atoms with Crippen molar-refractivity contribution in [3.8, 4) is 17.1 Å². The second kappa shape index (κ2) is 4.76. The van der Waals surface area contributed by atoms with Crippen LogP contribution in [0.1, 0.15) is 0 Å². The second-order valence-corrected chi connectivity index (χ2v) is 4.33. The smallest absolute Gasteiger partial charge is 0.406 e. The number of para-hydroxylation sites is 2. The minimum atomic E-state index is -4.88. The topological polar surface area (TPSA) is 37.9 Å². The lowest BCUT2D eigenvalue weighted by Crippen LogP contribution is -2.17. The molecule has 1 N–H and O–H groups in total. The summed E-state index contributed by atoms with van der Waals surface area (Å²) < 4.78 is 53.8. The number of fused-ring (bicyclic) bond motifs is 1. The number of hydrogen-bond donors (Lipinski definition) is 1. The molecule has 0 aliphatic carbocycles. The molecule has 2 aromatic carbocycles. The first-order chi connectivity index (χ1) is 9.90. The van der Waals surface area contributed by atoms with Crippen LogP contribution in [-0.2, 0) is 0 Å². The van der Waals surface area contributed by atoms with E-state index in [1.165, 1.54) is 0 Å². The maximum atomic E-state index is 13.5. The standard InChI is InChI=1S/C14H8F4N2O/c15-9-5-8(6-10(7-9)21-14(16,17)18)13-19-11-3-1-2-4-12(11)20-13/h1-7H,(H,19,20). The van der Waals surface area contributed by atoms with E-state index in [0.717, 1.165) is 12.1 Å². The summed E-state index contributed by atoms with van der Waals surface area (Å²) >= 11 is 0. The predicted octanol–water partition coefficient (Wildman–Crippen LogP) is 4.27. The van der Waals surface area contributed by atoms with Gasteiger partial charge in [-0.3, -0.25) is 0 Å². The highest BCUT2D eigenvalue weighted by Crippen LogP contribution is 2.29. The predicted molar refractivity (Wildman–Crippen MR) is 68.2 cm³/mol. The van der Waals surface area contributed by atoms with E-state index in [0.29, 0.717) is 17.1 Å². The van der Waals surface area contributed by atoms with Crippen molar-refractivity contribution in [1.29, 1.82) is 0 Å². The maximum Gasteiger partial charge on any atom is 0.573 e. The van der Waals surface area contributed by atoms with Crippen LogP contribution < -0.4 is 4.74 Å². The number of ether oxygens (including phenoxy) is 1. The molecule has 108 valence electrons. The van der Waals surface area contributed by atoms with Gasteiger partial charge in [-0.1, -0.05) is 12.1 Å². The van der Waals surface area contributed by atoms with Crippen LogP contribution in [0.4, 0.5) is 17.6 Å². The average molecular weight is 296 g/mol. The van der Waals surface area contributed by atoms with Crippen molar-refractivity contribution in [2.24, 2.45) is 0 Å². The van der Waals surface area contributed by atoms with Crippen LogP contribution in [0.25, 0.3) is 22.4 Å². The molecule has 0 unspecified atom stereocenters. The lowest BCUT2D eigenvalue weighted by molar-refractivity contribution is -0.274. The van der Waals surface area contributed by atoms with E-state index in [1.54, 1.807) is 24.3 Å². The zero-order chi connectivity index (χ0) is 15.0. The molecule has 21 heavy (non-hydrogen) atoms. The van der Waals surface area contributed by atoms with E-state index >= 15 is 0 Å². The summed E-state index contributed by atoms with van der Waals surface area (Å²) in [4.78, 5) is 7.12. The molecule has 1 aromatic heterocycles. The minimum absolute atomic E-state index is 0.172. The van der Waals surface area contributed by atoms with Gasteiger partial charge in [0.15, 0.2) is 0 Å². The number of nitrogens with zero attached hydrogens (tertiary/aromatic N) is 1. The molecule has 0 fully saturated rings. The van der Waals surface area contributed by atoms with Crippen molar-refractivity contribution in [3.63, 3.8) is 0 Å². The highest BCUT2D eigenvalue weighted by molar-refractivity contribution is 5.79. The summed E-state index contributed by atoms with van der Waals surface area (Å²) in [5.41, 5.74) is 1.51. The first kappa shape index (κ1) is 13.4. The monoisotopic (exact) mass is 296 g/mol. The van der Waals surface area contributed by atoms with Crippen molar-refractivity contribution < 1.29 is 22.3 Å². The maximum absolute atomic E-state index is 13.5. The van der Waals surface area contributed by atoms with Crippen molar-refractivity contribution in [1.82, 2.24) is 9.97 Å². The molecular weight excluding hydrogens is 288 g/mol. The quantitative estimate of drug-likeness (QED) is 0.717. The Hall–Kier alpha value is -2.57. The third-order valence-corrected chi connectivity index (χ3v) is 2.77. The Labute approximate surface area is 116 Å². The Balaban J connectivity index is 2.05. The summed E-state index contributed by atoms with van der Waals surface area (Å²) in [6.07, 6.45) is -4.88. The van der Waals surface area contributed by atoms with E-state index in [-0.39, 0.29) is 11.4 Å². The van der Waals surface area contributed by atoms with E-state index in [2.05, 4.69) is 14.7 Å². The van der Waals surface area contributed by atoms with Gasteiger partial charge in [0.2, 0.25) is 0 Å². The van der Waals surface area contributed by atoms with Gasteiger partial charge in [-0.05, 0) is 24.3 Å². The van der Waals surface area contributed by atoms with Gasteiger partial charge in [-0.2, -0.15) is 0 Å². The number of benzene rings is 2. The van der Waals surface area contributed by atoms with Gasteiger partial charge in [0.05, 0.1) is 11.0 Å². The fraction of sp³-hybridized carbons (Fsp3) is 0.0714. The Kier molecular flexibility index (Phi) is 3.04. The number of halogens is 4. The van der Waals surface area contributed by atoms with Crippen LogP contribution in [0.5, 0.6) is 5.75 Å². The van der Waals surface area contributed by atoms with Gasteiger partial charge in [-0.25, -0.2) is 9.37 Å². The van der Waals surface area contributed by atoms with Crippen LogP contribution in [0.3, 0.4) is 0 Å². The summed E-state index contributed by atoms with van der Waals surface area (Å²) in [6.45, 7) is 0. The van der Waals surface area contributed by atoms with E-state index in [4.69, 9.17) is 0 Å². The Morgan fingerprint density at radius 3 is 2.52 bits per heavy atom. The summed E-state index contributed by atoms with van der Waals surface area (Å²) in [5.74, 6) is -1.20. The molecule has 0 saturated carbocycles. The second-order valence-electron chi connectivity index (χ2n) is 4.33. The van der Waals surface area contributed by atoms with Crippen molar-refractivity contribution in [2.75, 3.05) is 0 Å². The van der Waals surface area contributed by atoms with E-state index < -0.39 is 17.9 Å². The van der Waals surface area contributed by atoms with Gasteiger partial charge in [0.1, 0.15) is 17.4 Å². The first-order valence-electron chi connectivity index (χ1n) is 5.92. The molecule has 7 heteroatoms. The summed E-state index contributed by atoms with van der Waals surface area (Å²) in [5, 5.41) is 0. The number of aromatic amines is 1. The van der Waals surface area contributed by atoms with Crippen LogP contribution in [-0.4, -0.2) is 16.3 Å². The van der Waals surface area contributed by atoms with Crippen molar-refractivity contribution >= 4 is 11.0 Å². The zero-order valence-electron chi connectivity index (χ0n) is 10.4. The number of alkyl halides is 3. The van der Waals surface area contributed by atoms with E-state index in [9.17, 15) is 17.6 Å². The third-order valence-electron chi connectivity index (χ3n) is 2.77. The molecule has 0 spiro atoms. The molecule has 3 rings (SSSR count). The van der Waals surface area contributed by atoms with Crippen LogP contribution >= 0.6 is 0 Å². The fourth-order valence-corrected chi connectivity index (χ4v) is 1.98. The molecule has 0 atom stereocenters. The largest absolute Gasteiger partial charge is 0.573 e. The lowest BCUT2D eigenvalue weighted by Gasteiger charge is -2.09. The first-order valence-corrected chi connectivity index (χ1v) is 5.92. The molecule has 3 aromatic rings. The summed E-state index contributed by atoms with van der Waals surface area (Å²) in [7, 11) is 0. The molecular formula is C14H8F4N2O. The number of aromatic nitrogens is 2.